The molecule has 0 aliphatic rings. The summed E-state index contributed by atoms with van der Waals surface area (Å²) in [5.41, 5.74) is 0. The summed E-state index contributed by atoms with van der Waals surface area (Å²) in [4.78, 5) is 37.3. The second kappa shape index (κ2) is 57.6. The fraction of sp³-hybridized carbons (Fsp3) is 0.632. The van der Waals surface area contributed by atoms with Crippen LogP contribution >= 0.6 is 0 Å². The Morgan fingerprint density at radius 2 is 0.740 bits per heavy atom. The summed E-state index contributed by atoms with van der Waals surface area (Å²) in [7, 11) is 5.95. The van der Waals surface area contributed by atoms with Crippen LogP contribution in [0.4, 0.5) is 0 Å². The Kier molecular flexibility index (Phi) is 54.2. The van der Waals surface area contributed by atoms with E-state index in [1.54, 1.807) is 0 Å². The first-order valence-corrected chi connectivity index (χ1v) is 30.3. The number of carbonyl (C=O) groups excluding carboxylic acids is 2. The molecule has 0 aromatic carbocycles. The molecular formula is C68H112NO8+. The molecule has 0 aliphatic heterocycles. The molecule has 0 saturated carbocycles. The van der Waals surface area contributed by atoms with Gasteiger partial charge in [-0.2, -0.15) is 0 Å². The average Bonchev–Trinajstić information content (AvgIpc) is 3.40. The minimum Gasteiger partial charge on any atom is -0.477 e. The number of ether oxygens (including phenoxy) is 4. The van der Waals surface area contributed by atoms with E-state index in [0.29, 0.717) is 23.9 Å². The highest BCUT2D eigenvalue weighted by Gasteiger charge is 2.25. The van der Waals surface area contributed by atoms with Crippen LogP contribution in [0.1, 0.15) is 219 Å². The van der Waals surface area contributed by atoms with Crippen molar-refractivity contribution in [2.45, 2.75) is 232 Å². The van der Waals surface area contributed by atoms with Gasteiger partial charge in [0.25, 0.3) is 6.29 Å². The third-order valence-electron chi connectivity index (χ3n) is 12.4. The van der Waals surface area contributed by atoms with E-state index in [1.807, 2.05) is 21.1 Å². The number of allylic oxidation sites excluding steroid dienone is 22. The zero-order valence-electron chi connectivity index (χ0n) is 49.6. The number of carbonyl (C=O) groups is 3. The monoisotopic (exact) mass is 1070 g/mol. The quantitative estimate of drug-likeness (QED) is 0.0211. The summed E-state index contributed by atoms with van der Waals surface area (Å²) >= 11 is 0. The van der Waals surface area contributed by atoms with Crippen molar-refractivity contribution in [3.63, 3.8) is 0 Å². The Bertz CT molecular complexity index is 1720. The highest BCUT2D eigenvalue weighted by Crippen LogP contribution is 2.15. The molecule has 9 nitrogen and oxygen atoms in total. The minimum atomic E-state index is -1.52. The van der Waals surface area contributed by atoms with Gasteiger partial charge in [-0.1, -0.05) is 244 Å². The fourth-order valence-electron chi connectivity index (χ4n) is 7.78. The minimum absolute atomic E-state index is 0.178. The molecule has 77 heavy (non-hydrogen) atoms. The van der Waals surface area contributed by atoms with Crippen molar-refractivity contribution in [2.75, 3.05) is 47.5 Å². The number of quaternary nitrogens is 1. The van der Waals surface area contributed by atoms with Crippen LogP contribution in [-0.2, 0) is 33.3 Å². The van der Waals surface area contributed by atoms with E-state index < -0.39 is 24.3 Å². The van der Waals surface area contributed by atoms with Crippen LogP contribution in [0.25, 0.3) is 0 Å². The zero-order chi connectivity index (χ0) is 56.2. The summed E-state index contributed by atoms with van der Waals surface area (Å²) in [6.45, 7) is 4.72. The number of aliphatic carboxylic acids is 1. The van der Waals surface area contributed by atoms with Gasteiger partial charge in [0, 0.05) is 12.8 Å². The number of hydrogen-bond acceptors (Lipinski definition) is 7. The van der Waals surface area contributed by atoms with Crippen LogP contribution in [0.5, 0.6) is 0 Å². The number of hydrogen-bond donors (Lipinski definition) is 1. The lowest BCUT2D eigenvalue weighted by Crippen LogP contribution is -2.40. The smallest absolute Gasteiger partial charge is 0.361 e. The molecule has 0 radical (unpaired) electrons. The lowest BCUT2D eigenvalue weighted by atomic mass is 10.0. The number of nitrogens with zero attached hydrogens (tertiary/aromatic N) is 1. The van der Waals surface area contributed by atoms with E-state index in [1.165, 1.54) is 64.2 Å². The number of carboxylic acid groups (broad SMARTS) is 1. The van der Waals surface area contributed by atoms with E-state index in [4.69, 9.17) is 18.9 Å². The van der Waals surface area contributed by atoms with Crippen molar-refractivity contribution >= 4 is 17.9 Å². The molecule has 0 rings (SSSR count). The number of likely N-dealkylation sites (N-methyl/N-ethyl adjacent to an activating group) is 1. The highest BCUT2D eigenvalue weighted by atomic mass is 16.7. The second-order valence-corrected chi connectivity index (χ2v) is 20.9. The molecule has 0 spiro atoms. The van der Waals surface area contributed by atoms with E-state index in [2.05, 4.69) is 148 Å². The van der Waals surface area contributed by atoms with Gasteiger partial charge in [0.15, 0.2) is 6.10 Å². The van der Waals surface area contributed by atoms with E-state index in [0.717, 1.165) is 122 Å². The molecule has 1 N–H and O–H groups in total. The highest BCUT2D eigenvalue weighted by molar-refractivity contribution is 5.71. The maximum Gasteiger partial charge on any atom is 0.361 e. The van der Waals surface area contributed by atoms with Crippen molar-refractivity contribution in [3.8, 4) is 0 Å². The molecule has 0 fully saturated rings. The van der Waals surface area contributed by atoms with Crippen LogP contribution in [0.15, 0.2) is 134 Å². The molecule has 0 aliphatic carbocycles. The average molecular weight is 1070 g/mol. The van der Waals surface area contributed by atoms with Gasteiger partial charge >= 0.3 is 17.9 Å². The number of esters is 2. The number of carboxylic acids is 1. The van der Waals surface area contributed by atoms with Crippen LogP contribution in [0.2, 0.25) is 0 Å². The summed E-state index contributed by atoms with van der Waals surface area (Å²) < 4.78 is 22.8. The van der Waals surface area contributed by atoms with Gasteiger partial charge in [0.1, 0.15) is 13.2 Å². The maximum absolute atomic E-state index is 12.9. The predicted octanol–water partition coefficient (Wildman–Crippen LogP) is 18.2. The molecule has 2 unspecified atom stereocenters. The molecule has 2 atom stereocenters. The lowest BCUT2D eigenvalue weighted by Gasteiger charge is -2.25. The van der Waals surface area contributed by atoms with Crippen LogP contribution in [0, 0.1) is 0 Å². The predicted molar refractivity (Wildman–Crippen MR) is 327 cm³/mol. The van der Waals surface area contributed by atoms with Crippen LogP contribution in [-0.4, -0.2) is 87.4 Å². The molecule has 0 amide bonds. The molecule has 0 aromatic rings. The summed E-state index contributed by atoms with van der Waals surface area (Å²) in [5, 5.41) is 9.69. The van der Waals surface area contributed by atoms with Gasteiger partial charge < -0.3 is 28.5 Å². The van der Waals surface area contributed by atoms with Gasteiger partial charge in [-0.15, -0.1) is 0 Å². The first-order valence-electron chi connectivity index (χ1n) is 30.3. The molecule has 9 heteroatoms. The van der Waals surface area contributed by atoms with Crippen LogP contribution < -0.4 is 0 Å². The van der Waals surface area contributed by atoms with Crippen molar-refractivity contribution in [2.24, 2.45) is 0 Å². The topological polar surface area (TPSA) is 108 Å². The Morgan fingerprint density at radius 3 is 1.10 bits per heavy atom. The molecule has 0 saturated heterocycles. The fourth-order valence-corrected chi connectivity index (χ4v) is 7.78. The molecule has 0 aromatic heterocycles. The van der Waals surface area contributed by atoms with E-state index in [-0.39, 0.29) is 32.2 Å². The Balaban J connectivity index is 4.22. The zero-order valence-corrected chi connectivity index (χ0v) is 49.6. The van der Waals surface area contributed by atoms with Gasteiger partial charge in [0.2, 0.25) is 0 Å². The van der Waals surface area contributed by atoms with Crippen LogP contribution in [0.3, 0.4) is 0 Å². The summed E-state index contributed by atoms with van der Waals surface area (Å²) in [6.07, 6.45) is 79.7. The third-order valence-corrected chi connectivity index (χ3v) is 12.4. The van der Waals surface area contributed by atoms with E-state index >= 15 is 0 Å². The standard InChI is InChI=1S/C68H111NO8/c1-6-8-10-12-14-16-18-20-21-22-23-24-25-26-27-28-29-30-31-32-33-34-35-36-37-38-39-40-41-42-43-44-45-47-49-51-53-55-57-59-66(71)77-64(63-76-68(67(72)73)74-61-60-69(3,4)5)62-75-65(70)58-56-54-52-50-48-46-19-17-15-13-11-9-7-2/h8,10,14,16,20-21,23-24,26-27,29-30,32-33,35-36,38-39,41-42,44-45,64,68H,6-7,9,11-13,15,17-19,22,25,28,31,34,37,40,43,46-63H2,1-5H3/p+1/b10-8-,16-14-,21-20-,24-23-,27-26-,30-29-,33-32-,36-35-,39-38-,42-41-,45-44-. The summed E-state index contributed by atoms with van der Waals surface area (Å²) in [5.74, 6) is -2.04. The molecule has 436 valence electrons. The first kappa shape index (κ1) is 72.4. The number of unbranched alkanes of at least 4 members (excludes halogenated alkanes) is 17. The Hall–Kier alpha value is -4.57. The van der Waals surface area contributed by atoms with Crippen molar-refractivity contribution in [3.05, 3.63) is 134 Å². The maximum atomic E-state index is 12.9. The molecular weight excluding hydrogens is 959 g/mol. The van der Waals surface area contributed by atoms with Gasteiger partial charge in [-0.25, -0.2) is 4.79 Å². The van der Waals surface area contributed by atoms with E-state index in [9.17, 15) is 19.5 Å². The largest absolute Gasteiger partial charge is 0.477 e. The third kappa shape index (κ3) is 58.9. The number of rotatable bonds is 54. The molecule has 0 heterocycles. The SMILES string of the molecule is CC/C=C\C/C=C\C/C=C\C/C=C\C/C=C\C/C=C\C/C=C\C/C=C\C/C=C\C/C=C\C/C=C\CCCCCCCC(=O)OC(COC(=O)CCCCCCCCCCCCCCC)COC(OCC[N+](C)(C)C)C(=O)O. The summed E-state index contributed by atoms with van der Waals surface area (Å²) in [6, 6.07) is 0. The lowest BCUT2D eigenvalue weighted by molar-refractivity contribution is -0.870. The first-order chi connectivity index (χ1) is 37.6. The Labute approximate surface area is 471 Å². The van der Waals surface area contributed by atoms with Gasteiger partial charge in [0.05, 0.1) is 34.4 Å². The Morgan fingerprint density at radius 1 is 0.403 bits per heavy atom. The molecule has 0 bridgehead atoms. The second-order valence-electron chi connectivity index (χ2n) is 20.9. The normalized spacial score (nSPS) is 13.7. The van der Waals surface area contributed by atoms with Crippen molar-refractivity contribution in [1.82, 2.24) is 0 Å². The van der Waals surface area contributed by atoms with Crippen molar-refractivity contribution < 1.29 is 42.9 Å². The van der Waals surface area contributed by atoms with Crippen molar-refractivity contribution in [1.29, 1.82) is 0 Å². The van der Waals surface area contributed by atoms with Gasteiger partial charge in [-0.3, -0.25) is 9.59 Å². The van der Waals surface area contributed by atoms with Gasteiger partial charge in [-0.05, 0) is 96.3 Å².